The van der Waals surface area contributed by atoms with Crippen molar-refractivity contribution in [1.29, 1.82) is 0 Å². The summed E-state index contributed by atoms with van der Waals surface area (Å²) in [5.41, 5.74) is 3.71. The van der Waals surface area contributed by atoms with Crippen LogP contribution in [0.25, 0.3) is 0 Å². The third kappa shape index (κ3) is 3.36. The van der Waals surface area contributed by atoms with E-state index in [1.165, 1.54) is 11.8 Å². The number of fused-ring (bicyclic) bond motifs is 1. The molecule has 0 bridgehead atoms. The van der Waals surface area contributed by atoms with E-state index in [9.17, 15) is 9.59 Å². The number of amides is 2. The van der Waals surface area contributed by atoms with Gasteiger partial charge in [-0.15, -0.1) is 11.3 Å². The van der Waals surface area contributed by atoms with Crippen LogP contribution in [-0.2, 0) is 24.1 Å². The minimum atomic E-state index is -0.142. The van der Waals surface area contributed by atoms with Crippen molar-refractivity contribution in [2.24, 2.45) is 0 Å². The normalized spacial score (nSPS) is 13.2. The van der Waals surface area contributed by atoms with Crippen LogP contribution in [-0.4, -0.2) is 11.8 Å². The van der Waals surface area contributed by atoms with Gasteiger partial charge in [0.15, 0.2) is 0 Å². The molecule has 2 aromatic rings. The summed E-state index contributed by atoms with van der Waals surface area (Å²) in [6.07, 6.45) is 4.99. The number of nitrogens with one attached hydrogen (secondary N) is 2. The molecule has 0 saturated carbocycles. The van der Waals surface area contributed by atoms with E-state index in [1.54, 1.807) is 11.3 Å². The van der Waals surface area contributed by atoms with Crippen molar-refractivity contribution < 1.29 is 9.59 Å². The molecule has 0 atom stereocenters. The lowest BCUT2D eigenvalue weighted by atomic mass is 9.95. The average Bonchev–Trinajstić information content (AvgIpc) is 2.92. The van der Waals surface area contributed by atoms with Crippen LogP contribution in [0.4, 0.5) is 10.7 Å². The molecule has 0 aliphatic heterocycles. The third-order valence-corrected chi connectivity index (χ3v) is 5.54. The number of anilines is 2. The first-order chi connectivity index (χ1) is 11.6. The van der Waals surface area contributed by atoms with Gasteiger partial charge in [0.25, 0.3) is 5.91 Å². The van der Waals surface area contributed by atoms with Crippen LogP contribution in [0.5, 0.6) is 0 Å². The Morgan fingerprint density at radius 3 is 2.62 bits per heavy atom. The Morgan fingerprint density at radius 1 is 1.12 bits per heavy atom. The molecule has 1 heterocycles. The Hall–Kier alpha value is -2.14. The van der Waals surface area contributed by atoms with Crippen LogP contribution >= 0.6 is 11.3 Å². The molecule has 4 nitrogen and oxygen atoms in total. The average molecular weight is 342 g/mol. The van der Waals surface area contributed by atoms with E-state index in [4.69, 9.17) is 0 Å². The molecule has 3 rings (SSSR count). The first-order valence-electron chi connectivity index (χ1n) is 8.41. The summed E-state index contributed by atoms with van der Waals surface area (Å²) < 4.78 is 0. The Kier molecular flexibility index (Phi) is 5.00. The molecule has 0 fully saturated rings. The van der Waals surface area contributed by atoms with E-state index < -0.39 is 0 Å². The number of rotatable bonds is 4. The predicted octanol–water partition coefficient (Wildman–Crippen LogP) is 4.40. The smallest absolute Gasteiger partial charge is 0.258 e. The van der Waals surface area contributed by atoms with Gasteiger partial charge in [0, 0.05) is 17.5 Å². The monoisotopic (exact) mass is 342 g/mol. The third-order valence-electron chi connectivity index (χ3n) is 4.33. The second kappa shape index (κ2) is 7.18. The minimum absolute atomic E-state index is 0.126. The highest BCUT2D eigenvalue weighted by Gasteiger charge is 2.26. The molecule has 126 valence electrons. The molecule has 0 unspecified atom stereocenters. The van der Waals surface area contributed by atoms with Gasteiger partial charge >= 0.3 is 0 Å². The molecular weight excluding hydrogens is 320 g/mol. The minimum Gasteiger partial charge on any atom is -0.322 e. The van der Waals surface area contributed by atoms with Crippen molar-refractivity contribution in [3.05, 3.63) is 45.8 Å². The van der Waals surface area contributed by atoms with Gasteiger partial charge in [0.1, 0.15) is 5.00 Å². The van der Waals surface area contributed by atoms with Gasteiger partial charge in [-0.1, -0.05) is 25.1 Å². The summed E-state index contributed by atoms with van der Waals surface area (Å²) in [7, 11) is 0. The molecule has 0 spiro atoms. The Labute approximate surface area is 146 Å². The number of thiophene rings is 1. The SMILES string of the molecule is CCc1ccccc1NC(=O)c1c(NC(C)=O)sc2c1CCCC2. The summed E-state index contributed by atoms with van der Waals surface area (Å²) in [4.78, 5) is 25.7. The fourth-order valence-electron chi connectivity index (χ4n) is 3.19. The number of para-hydroxylation sites is 1. The molecule has 5 heteroatoms. The topological polar surface area (TPSA) is 58.2 Å². The number of benzene rings is 1. The van der Waals surface area contributed by atoms with E-state index in [0.29, 0.717) is 10.6 Å². The van der Waals surface area contributed by atoms with Crippen molar-refractivity contribution in [2.75, 3.05) is 10.6 Å². The number of aryl methyl sites for hydroxylation is 2. The van der Waals surface area contributed by atoms with Crippen LogP contribution < -0.4 is 10.6 Å². The molecule has 0 saturated heterocycles. The second-order valence-corrected chi connectivity index (χ2v) is 7.17. The molecule has 0 radical (unpaired) electrons. The number of hydrogen-bond acceptors (Lipinski definition) is 3. The van der Waals surface area contributed by atoms with Gasteiger partial charge in [-0.25, -0.2) is 0 Å². The molecule has 1 aliphatic carbocycles. The maximum Gasteiger partial charge on any atom is 0.258 e. The zero-order chi connectivity index (χ0) is 17.1. The fraction of sp³-hybridized carbons (Fsp3) is 0.368. The van der Waals surface area contributed by atoms with Crippen LogP contribution in [0, 0.1) is 0 Å². The summed E-state index contributed by atoms with van der Waals surface area (Å²) in [5.74, 6) is -0.268. The molecule has 1 aromatic carbocycles. The highest BCUT2D eigenvalue weighted by Crippen LogP contribution is 2.38. The van der Waals surface area contributed by atoms with E-state index in [-0.39, 0.29) is 11.8 Å². The quantitative estimate of drug-likeness (QED) is 0.865. The predicted molar refractivity (Wildman–Crippen MR) is 99.0 cm³/mol. The second-order valence-electron chi connectivity index (χ2n) is 6.06. The molecule has 2 N–H and O–H groups in total. The lowest BCUT2D eigenvalue weighted by molar-refractivity contribution is -0.114. The highest BCUT2D eigenvalue weighted by atomic mass is 32.1. The lowest BCUT2D eigenvalue weighted by Gasteiger charge is -2.14. The molecular formula is C19H22N2O2S. The number of hydrogen-bond donors (Lipinski definition) is 2. The maximum absolute atomic E-state index is 13.0. The van der Waals surface area contributed by atoms with E-state index in [1.807, 2.05) is 24.3 Å². The zero-order valence-corrected chi connectivity index (χ0v) is 14.9. The van der Waals surface area contributed by atoms with Gasteiger partial charge in [0.2, 0.25) is 5.91 Å². The molecule has 1 aliphatic rings. The summed E-state index contributed by atoms with van der Waals surface area (Å²) in [5, 5.41) is 6.57. The Morgan fingerprint density at radius 2 is 1.88 bits per heavy atom. The number of carbonyl (C=O) groups excluding carboxylic acids is 2. The first-order valence-corrected chi connectivity index (χ1v) is 9.23. The molecule has 2 amide bonds. The standard InChI is InChI=1S/C19H22N2O2S/c1-3-13-8-4-6-10-15(13)21-18(23)17-14-9-5-7-11-16(14)24-19(17)20-12(2)22/h4,6,8,10H,3,5,7,9,11H2,1-2H3,(H,20,22)(H,21,23). The maximum atomic E-state index is 13.0. The fourth-order valence-corrected chi connectivity index (χ4v) is 4.52. The van der Waals surface area contributed by atoms with Crippen molar-refractivity contribution in [1.82, 2.24) is 0 Å². The molecule has 24 heavy (non-hydrogen) atoms. The van der Waals surface area contributed by atoms with E-state index in [2.05, 4.69) is 17.6 Å². The van der Waals surface area contributed by atoms with Crippen LogP contribution in [0.2, 0.25) is 0 Å². The summed E-state index contributed by atoms with van der Waals surface area (Å²) in [6, 6.07) is 7.84. The van der Waals surface area contributed by atoms with E-state index >= 15 is 0 Å². The van der Waals surface area contributed by atoms with Gasteiger partial charge in [-0.2, -0.15) is 0 Å². The van der Waals surface area contributed by atoms with Crippen molar-refractivity contribution >= 4 is 33.8 Å². The van der Waals surface area contributed by atoms with Gasteiger partial charge in [-0.3, -0.25) is 9.59 Å². The van der Waals surface area contributed by atoms with Gasteiger partial charge in [0.05, 0.1) is 5.56 Å². The van der Waals surface area contributed by atoms with Crippen LogP contribution in [0.3, 0.4) is 0 Å². The van der Waals surface area contributed by atoms with E-state index in [0.717, 1.165) is 48.9 Å². The highest BCUT2D eigenvalue weighted by molar-refractivity contribution is 7.17. The Bertz CT molecular complexity index is 780. The first kappa shape index (κ1) is 16.7. The summed E-state index contributed by atoms with van der Waals surface area (Å²) >= 11 is 1.55. The van der Waals surface area contributed by atoms with Crippen LogP contribution in [0.15, 0.2) is 24.3 Å². The zero-order valence-electron chi connectivity index (χ0n) is 14.1. The lowest BCUT2D eigenvalue weighted by Crippen LogP contribution is -2.18. The van der Waals surface area contributed by atoms with Crippen LogP contribution in [0.1, 0.15) is 53.1 Å². The van der Waals surface area contributed by atoms with Crippen molar-refractivity contribution in [3.8, 4) is 0 Å². The van der Waals surface area contributed by atoms with Crippen molar-refractivity contribution in [2.45, 2.75) is 46.0 Å². The number of carbonyl (C=O) groups is 2. The Balaban J connectivity index is 1.96. The van der Waals surface area contributed by atoms with Gasteiger partial charge in [-0.05, 0) is 49.3 Å². The van der Waals surface area contributed by atoms with Crippen molar-refractivity contribution in [3.63, 3.8) is 0 Å². The summed E-state index contributed by atoms with van der Waals surface area (Å²) in [6.45, 7) is 3.55. The molecule has 1 aromatic heterocycles. The van der Waals surface area contributed by atoms with Gasteiger partial charge < -0.3 is 10.6 Å². The largest absolute Gasteiger partial charge is 0.322 e.